The van der Waals surface area contributed by atoms with Crippen molar-refractivity contribution in [3.05, 3.63) is 111 Å². The Kier molecular flexibility index (Phi) is 7.09. The first kappa shape index (κ1) is 26.4. The normalized spacial score (nSPS) is 14.2. The molecular weight excluding hydrogens is 519 g/mol. The summed E-state index contributed by atoms with van der Waals surface area (Å²) in [5, 5.41) is 3.07. The lowest BCUT2D eigenvalue weighted by Crippen LogP contribution is -2.34. The van der Waals surface area contributed by atoms with E-state index < -0.39 is 29.4 Å². The summed E-state index contributed by atoms with van der Waals surface area (Å²) in [6.07, 6.45) is 0.529. The van der Waals surface area contributed by atoms with Crippen molar-refractivity contribution in [3.8, 4) is 0 Å². The average Bonchev–Trinajstić information content (AvgIpc) is 3.21. The number of nitrogens with zero attached hydrogens (tertiary/aromatic N) is 2. The monoisotopic (exact) mass is 542 g/mol. The maximum Gasteiger partial charge on any atom is 0.416 e. The largest absolute Gasteiger partial charge is 0.416 e. The summed E-state index contributed by atoms with van der Waals surface area (Å²) < 4.78 is 69.1. The molecule has 1 aliphatic heterocycles. The Hall–Kier alpha value is -4.25. The highest BCUT2D eigenvalue weighted by molar-refractivity contribution is 5.96. The molecule has 1 aliphatic rings. The fraction of sp³-hybridized carbons (Fsp3) is 0.214. The molecule has 0 bridgehead atoms. The predicted molar refractivity (Wildman–Crippen MR) is 136 cm³/mol. The van der Waals surface area contributed by atoms with Gasteiger partial charge in [-0.05, 0) is 47.5 Å². The van der Waals surface area contributed by atoms with E-state index in [1.807, 2.05) is 4.90 Å². The van der Waals surface area contributed by atoms with Gasteiger partial charge in [-0.3, -0.25) is 14.3 Å². The molecule has 0 fully saturated rings. The molecule has 0 atom stereocenters. The number of nitrogens with one attached hydrogen (secondary N) is 2. The standard InChI is InChI=1S/C28H23F5N4O2/c29-20-5-3-18(23(30)14-20)2-1-10-36-11-8-25-22(16-36)21-13-19(28(31,32)33)4-6-24(21)37(25)27(39)35-15-17-7-9-34-26(38)12-17/h1-7,9,12-14H,8,10-11,15-16H2,(H,34,38)(H,35,39). The van der Waals surface area contributed by atoms with Gasteiger partial charge in [-0.25, -0.2) is 13.6 Å². The average molecular weight is 543 g/mol. The van der Waals surface area contributed by atoms with Crippen LogP contribution in [0.4, 0.5) is 26.7 Å². The quantitative estimate of drug-likeness (QED) is 0.330. The van der Waals surface area contributed by atoms with Gasteiger partial charge >= 0.3 is 12.2 Å². The number of carbonyl (C=O) groups is 1. The first-order chi connectivity index (χ1) is 18.6. The number of benzene rings is 2. The Labute approximate surface area is 219 Å². The molecule has 0 unspecified atom stereocenters. The third-order valence-corrected chi connectivity index (χ3v) is 6.66. The number of hydrogen-bond acceptors (Lipinski definition) is 3. The van der Waals surface area contributed by atoms with Gasteiger partial charge in [-0.15, -0.1) is 0 Å². The van der Waals surface area contributed by atoms with E-state index in [1.165, 1.54) is 35.0 Å². The van der Waals surface area contributed by atoms with Gasteiger partial charge in [-0.1, -0.05) is 12.2 Å². The highest BCUT2D eigenvalue weighted by Crippen LogP contribution is 2.36. The molecule has 0 spiro atoms. The smallest absolute Gasteiger partial charge is 0.333 e. The van der Waals surface area contributed by atoms with Crippen molar-refractivity contribution in [2.24, 2.45) is 0 Å². The van der Waals surface area contributed by atoms with Crippen molar-refractivity contribution >= 4 is 23.0 Å². The Balaban J connectivity index is 1.43. The van der Waals surface area contributed by atoms with Crippen LogP contribution in [0.5, 0.6) is 0 Å². The number of H-pyrrole nitrogens is 1. The second-order valence-electron chi connectivity index (χ2n) is 9.26. The Bertz CT molecular complexity index is 1640. The van der Waals surface area contributed by atoms with Crippen molar-refractivity contribution in [1.29, 1.82) is 0 Å². The number of pyridine rings is 1. The van der Waals surface area contributed by atoms with Gasteiger partial charge in [0.1, 0.15) is 11.6 Å². The summed E-state index contributed by atoms with van der Waals surface area (Å²) in [4.78, 5) is 29.3. The highest BCUT2D eigenvalue weighted by Gasteiger charge is 2.33. The van der Waals surface area contributed by atoms with Crippen LogP contribution in [0.1, 0.15) is 27.9 Å². The van der Waals surface area contributed by atoms with Gasteiger partial charge in [0, 0.05) is 67.6 Å². The zero-order valence-corrected chi connectivity index (χ0v) is 20.5. The summed E-state index contributed by atoms with van der Waals surface area (Å²) in [7, 11) is 0. The minimum atomic E-state index is -4.55. The van der Waals surface area contributed by atoms with Crippen molar-refractivity contribution in [2.45, 2.75) is 25.7 Å². The first-order valence-corrected chi connectivity index (χ1v) is 12.1. The summed E-state index contributed by atoms with van der Waals surface area (Å²) in [6, 6.07) is 9.06. The third kappa shape index (κ3) is 5.63. The fourth-order valence-electron chi connectivity index (χ4n) is 4.80. The number of alkyl halides is 3. The summed E-state index contributed by atoms with van der Waals surface area (Å²) in [6.45, 7) is 1.22. The minimum Gasteiger partial charge on any atom is -0.333 e. The van der Waals surface area contributed by atoms with E-state index in [-0.39, 0.29) is 24.2 Å². The highest BCUT2D eigenvalue weighted by atomic mass is 19.4. The molecule has 2 N–H and O–H groups in total. The maximum atomic E-state index is 13.9. The number of hydrogen-bond donors (Lipinski definition) is 2. The molecule has 0 saturated carbocycles. The molecule has 6 nitrogen and oxygen atoms in total. The number of amides is 1. The SMILES string of the molecule is O=C(NCc1cc[nH]c(=O)c1)n1c2c(c3cc(C(F)(F)F)ccc31)CN(CC=Cc1ccc(F)cc1F)CC2. The number of fused-ring (bicyclic) bond motifs is 3. The van der Waals surface area contributed by atoms with Crippen LogP contribution in [0.15, 0.2) is 65.6 Å². The number of halogens is 5. The van der Waals surface area contributed by atoms with Crippen molar-refractivity contribution in [2.75, 3.05) is 13.1 Å². The maximum absolute atomic E-state index is 13.9. The molecule has 1 amide bonds. The molecule has 2 aromatic heterocycles. The van der Waals surface area contributed by atoms with Crippen LogP contribution in [-0.2, 0) is 25.7 Å². The Morgan fingerprint density at radius 1 is 1.08 bits per heavy atom. The van der Waals surface area contributed by atoms with Gasteiger partial charge < -0.3 is 10.3 Å². The van der Waals surface area contributed by atoms with Gasteiger partial charge in [0.25, 0.3) is 0 Å². The van der Waals surface area contributed by atoms with E-state index >= 15 is 0 Å². The molecular formula is C28H23F5N4O2. The van der Waals surface area contributed by atoms with Crippen LogP contribution in [0.3, 0.4) is 0 Å². The van der Waals surface area contributed by atoms with Crippen LogP contribution in [0, 0.1) is 11.6 Å². The third-order valence-electron chi connectivity index (χ3n) is 6.66. The summed E-state index contributed by atoms with van der Waals surface area (Å²) >= 11 is 0. The Morgan fingerprint density at radius 3 is 2.64 bits per heavy atom. The molecule has 202 valence electrons. The van der Waals surface area contributed by atoms with Crippen LogP contribution in [-0.4, -0.2) is 33.6 Å². The lowest BCUT2D eigenvalue weighted by molar-refractivity contribution is -0.137. The van der Waals surface area contributed by atoms with E-state index in [2.05, 4.69) is 10.3 Å². The lowest BCUT2D eigenvalue weighted by atomic mass is 10.0. The van der Waals surface area contributed by atoms with E-state index in [1.54, 1.807) is 12.1 Å². The molecule has 0 radical (unpaired) electrons. The van der Waals surface area contributed by atoms with Gasteiger partial charge in [0.15, 0.2) is 0 Å². The van der Waals surface area contributed by atoms with Crippen LogP contribution < -0.4 is 10.9 Å². The van der Waals surface area contributed by atoms with Crippen molar-refractivity contribution < 1.29 is 26.7 Å². The lowest BCUT2D eigenvalue weighted by Gasteiger charge is -2.27. The molecule has 2 aromatic carbocycles. The van der Waals surface area contributed by atoms with Crippen LogP contribution in [0.25, 0.3) is 17.0 Å². The van der Waals surface area contributed by atoms with Crippen LogP contribution in [0.2, 0.25) is 0 Å². The second-order valence-corrected chi connectivity index (χ2v) is 9.26. The first-order valence-electron chi connectivity index (χ1n) is 12.1. The van der Waals surface area contributed by atoms with Crippen LogP contribution >= 0.6 is 0 Å². The molecule has 39 heavy (non-hydrogen) atoms. The molecule has 0 saturated heterocycles. The predicted octanol–water partition coefficient (Wildman–Crippen LogP) is 5.46. The number of carbonyl (C=O) groups excluding carboxylic acids is 1. The summed E-state index contributed by atoms with van der Waals surface area (Å²) in [5.74, 6) is -1.37. The molecule has 11 heteroatoms. The minimum absolute atomic E-state index is 0.0642. The zero-order chi connectivity index (χ0) is 27.7. The van der Waals surface area contributed by atoms with E-state index in [4.69, 9.17) is 0 Å². The van der Waals surface area contributed by atoms with Gasteiger partial charge in [-0.2, -0.15) is 13.2 Å². The topological polar surface area (TPSA) is 70.1 Å². The second kappa shape index (κ2) is 10.5. The molecule has 5 rings (SSSR count). The fourth-order valence-corrected chi connectivity index (χ4v) is 4.80. The summed E-state index contributed by atoms with van der Waals surface area (Å²) in [5.41, 5.74) is 1.23. The molecule has 0 aliphatic carbocycles. The molecule has 4 aromatic rings. The number of aromatic nitrogens is 2. The van der Waals surface area contributed by atoms with E-state index in [0.29, 0.717) is 47.2 Å². The van der Waals surface area contributed by atoms with Gasteiger partial charge in [0.05, 0.1) is 11.1 Å². The van der Waals surface area contributed by atoms with Crippen molar-refractivity contribution in [1.82, 2.24) is 19.8 Å². The molecule has 3 heterocycles. The van der Waals surface area contributed by atoms with Crippen molar-refractivity contribution in [3.63, 3.8) is 0 Å². The Morgan fingerprint density at radius 2 is 1.90 bits per heavy atom. The van der Waals surface area contributed by atoms with Gasteiger partial charge in [0.2, 0.25) is 5.56 Å². The van der Waals surface area contributed by atoms with E-state index in [9.17, 15) is 31.5 Å². The van der Waals surface area contributed by atoms with E-state index in [0.717, 1.165) is 24.3 Å². The number of aromatic amines is 1. The number of rotatable bonds is 5. The zero-order valence-electron chi connectivity index (χ0n) is 20.5.